The first-order chi connectivity index (χ1) is 13.7. The van der Waals surface area contributed by atoms with Gasteiger partial charge in [0.1, 0.15) is 0 Å². The number of rotatable bonds is 7. The SMILES string of the molecule is COCc1ccc(C(=O)NCc2cccc(C(=O)Nc3ccccc3)c2)cc1. The molecule has 28 heavy (non-hydrogen) atoms. The fourth-order valence-corrected chi connectivity index (χ4v) is 2.75. The molecule has 0 unspecified atom stereocenters. The lowest BCUT2D eigenvalue weighted by Crippen LogP contribution is -2.23. The molecule has 142 valence electrons. The van der Waals surface area contributed by atoms with E-state index in [0.29, 0.717) is 24.3 Å². The van der Waals surface area contributed by atoms with E-state index in [1.807, 2.05) is 48.5 Å². The van der Waals surface area contributed by atoms with Crippen molar-refractivity contribution >= 4 is 17.5 Å². The number of carbonyl (C=O) groups excluding carboxylic acids is 2. The van der Waals surface area contributed by atoms with Crippen LogP contribution in [0.5, 0.6) is 0 Å². The second-order valence-electron chi connectivity index (χ2n) is 6.33. The number of amides is 2. The molecule has 5 heteroatoms. The van der Waals surface area contributed by atoms with E-state index in [1.54, 1.807) is 37.4 Å². The summed E-state index contributed by atoms with van der Waals surface area (Å²) < 4.78 is 5.07. The lowest BCUT2D eigenvalue weighted by molar-refractivity contribution is 0.0950. The molecule has 5 nitrogen and oxygen atoms in total. The first-order valence-corrected chi connectivity index (χ1v) is 8.97. The van der Waals surface area contributed by atoms with Crippen molar-refractivity contribution in [1.82, 2.24) is 5.32 Å². The van der Waals surface area contributed by atoms with Gasteiger partial charge in [-0.3, -0.25) is 9.59 Å². The Balaban J connectivity index is 1.59. The number of ether oxygens (including phenoxy) is 1. The third-order valence-corrected chi connectivity index (χ3v) is 4.20. The number of hydrogen-bond donors (Lipinski definition) is 2. The van der Waals surface area contributed by atoms with Gasteiger partial charge in [-0.15, -0.1) is 0 Å². The van der Waals surface area contributed by atoms with Crippen molar-refractivity contribution in [3.8, 4) is 0 Å². The minimum absolute atomic E-state index is 0.164. The van der Waals surface area contributed by atoms with E-state index in [-0.39, 0.29) is 11.8 Å². The molecule has 0 bridgehead atoms. The number of nitrogens with one attached hydrogen (secondary N) is 2. The molecule has 3 aromatic carbocycles. The van der Waals surface area contributed by atoms with Gasteiger partial charge in [-0.2, -0.15) is 0 Å². The Morgan fingerprint density at radius 3 is 2.25 bits per heavy atom. The maximum Gasteiger partial charge on any atom is 0.255 e. The number of benzene rings is 3. The maximum absolute atomic E-state index is 12.4. The molecule has 0 heterocycles. The summed E-state index contributed by atoms with van der Waals surface area (Å²) in [6.45, 7) is 0.852. The topological polar surface area (TPSA) is 67.4 Å². The summed E-state index contributed by atoms with van der Waals surface area (Å²) in [5.74, 6) is -0.351. The van der Waals surface area contributed by atoms with Gasteiger partial charge in [0.15, 0.2) is 0 Å². The molecule has 2 N–H and O–H groups in total. The molecule has 0 radical (unpaired) electrons. The van der Waals surface area contributed by atoms with Gasteiger partial charge in [0, 0.05) is 30.5 Å². The predicted octanol–water partition coefficient (Wildman–Crippen LogP) is 4.02. The zero-order valence-corrected chi connectivity index (χ0v) is 15.6. The van der Waals surface area contributed by atoms with Crippen LogP contribution in [0, 0.1) is 0 Å². The Labute approximate surface area is 164 Å². The summed E-state index contributed by atoms with van der Waals surface area (Å²) in [4.78, 5) is 24.7. The van der Waals surface area contributed by atoms with Crippen molar-refractivity contribution in [2.45, 2.75) is 13.2 Å². The molecule has 3 aromatic rings. The fourth-order valence-electron chi connectivity index (χ4n) is 2.75. The first-order valence-electron chi connectivity index (χ1n) is 8.97. The molecule has 3 rings (SSSR count). The van der Waals surface area contributed by atoms with Gasteiger partial charge in [-0.25, -0.2) is 0 Å². The molecule has 0 saturated heterocycles. The van der Waals surface area contributed by atoms with Crippen molar-refractivity contribution in [3.05, 3.63) is 101 Å². The van der Waals surface area contributed by atoms with Gasteiger partial charge in [0.05, 0.1) is 6.61 Å². The summed E-state index contributed by atoms with van der Waals surface area (Å²) in [6, 6.07) is 23.8. The van der Waals surface area contributed by atoms with Crippen molar-refractivity contribution in [1.29, 1.82) is 0 Å². The molecule has 0 fully saturated rings. The van der Waals surface area contributed by atoms with Crippen molar-refractivity contribution in [2.75, 3.05) is 12.4 Å². The van der Waals surface area contributed by atoms with E-state index in [1.165, 1.54) is 0 Å². The van der Waals surface area contributed by atoms with Crippen LogP contribution in [0.15, 0.2) is 78.9 Å². The number of hydrogen-bond acceptors (Lipinski definition) is 3. The van der Waals surface area contributed by atoms with Crippen LogP contribution in [0.1, 0.15) is 31.8 Å². The number of para-hydroxylation sites is 1. The highest BCUT2D eigenvalue weighted by atomic mass is 16.5. The minimum atomic E-state index is -0.187. The number of carbonyl (C=O) groups is 2. The van der Waals surface area contributed by atoms with Gasteiger partial charge >= 0.3 is 0 Å². The monoisotopic (exact) mass is 374 g/mol. The lowest BCUT2D eigenvalue weighted by atomic mass is 10.1. The van der Waals surface area contributed by atoms with Gasteiger partial charge in [-0.1, -0.05) is 42.5 Å². The second-order valence-corrected chi connectivity index (χ2v) is 6.33. The average molecular weight is 374 g/mol. The molecule has 0 spiro atoms. The van der Waals surface area contributed by atoms with Crippen LogP contribution in [0.25, 0.3) is 0 Å². The van der Waals surface area contributed by atoms with Crippen LogP contribution in [-0.2, 0) is 17.9 Å². The summed E-state index contributed by atoms with van der Waals surface area (Å²) in [6.07, 6.45) is 0. The second kappa shape index (κ2) is 9.48. The molecule has 0 aromatic heterocycles. The minimum Gasteiger partial charge on any atom is -0.380 e. The van der Waals surface area contributed by atoms with E-state index >= 15 is 0 Å². The van der Waals surface area contributed by atoms with Crippen molar-refractivity contribution in [3.63, 3.8) is 0 Å². The fraction of sp³-hybridized carbons (Fsp3) is 0.130. The molecule has 0 aliphatic heterocycles. The van der Waals surface area contributed by atoms with Crippen LogP contribution in [0.4, 0.5) is 5.69 Å². The third-order valence-electron chi connectivity index (χ3n) is 4.20. The largest absolute Gasteiger partial charge is 0.380 e. The van der Waals surface area contributed by atoms with Crippen LogP contribution in [0.3, 0.4) is 0 Å². The molecular formula is C23H22N2O3. The van der Waals surface area contributed by atoms with E-state index in [9.17, 15) is 9.59 Å². The Hall–Kier alpha value is -3.44. The molecule has 0 atom stereocenters. The van der Waals surface area contributed by atoms with E-state index in [4.69, 9.17) is 4.74 Å². The van der Waals surface area contributed by atoms with Gasteiger partial charge in [0.2, 0.25) is 0 Å². The van der Waals surface area contributed by atoms with Crippen LogP contribution < -0.4 is 10.6 Å². The quantitative estimate of drug-likeness (QED) is 0.656. The number of anilines is 1. The Morgan fingerprint density at radius 2 is 1.54 bits per heavy atom. The highest BCUT2D eigenvalue weighted by Gasteiger charge is 2.09. The molecule has 0 saturated carbocycles. The van der Waals surface area contributed by atoms with Gasteiger partial charge in [-0.05, 0) is 47.5 Å². The Bertz CT molecular complexity index is 938. The van der Waals surface area contributed by atoms with E-state index in [2.05, 4.69) is 10.6 Å². The summed E-state index contributed by atoms with van der Waals surface area (Å²) in [7, 11) is 1.63. The zero-order valence-electron chi connectivity index (χ0n) is 15.6. The number of methoxy groups -OCH3 is 1. The smallest absolute Gasteiger partial charge is 0.255 e. The lowest BCUT2D eigenvalue weighted by Gasteiger charge is -2.09. The third kappa shape index (κ3) is 5.28. The molecular weight excluding hydrogens is 352 g/mol. The standard InChI is InChI=1S/C23H22N2O3/c1-28-16-17-10-12-19(13-11-17)22(26)24-15-18-6-5-7-20(14-18)23(27)25-21-8-3-2-4-9-21/h2-14H,15-16H2,1H3,(H,24,26)(H,25,27). The van der Waals surface area contributed by atoms with Crippen molar-refractivity contribution in [2.24, 2.45) is 0 Å². The van der Waals surface area contributed by atoms with E-state index < -0.39 is 0 Å². The highest BCUT2D eigenvalue weighted by Crippen LogP contribution is 2.11. The summed E-state index contributed by atoms with van der Waals surface area (Å²) in [5.41, 5.74) is 3.72. The average Bonchev–Trinajstić information content (AvgIpc) is 2.74. The van der Waals surface area contributed by atoms with Gasteiger partial charge in [0.25, 0.3) is 11.8 Å². The van der Waals surface area contributed by atoms with Crippen LogP contribution in [-0.4, -0.2) is 18.9 Å². The molecule has 0 aliphatic carbocycles. The Kier molecular flexibility index (Phi) is 6.54. The molecule has 2 amide bonds. The van der Waals surface area contributed by atoms with Crippen LogP contribution >= 0.6 is 0 Å². The highest BCUT2D eigenvalue weighted by molar-refractivity contribution is 6.04. The first kappa shape index (κ1) is 19.3. The van der Waals surface area contributed by atoms with E-state index in [0.717, 1.165) is 16.8 Å². The van der Waals surface area contributed by atoms with Crippen LogP contribution in [0.2, 0.25) is 0 Å². The van der Waals surface area contributed by atoms with Crippen molar-refractivity contribution < 1.29 is 14.3 Å². The van der Waals surface area contributed by atoms with Gasteiger partial charge < -0.3 is 15.4 Å². The Morgan fingerprint density at radius 1 is 0.786 bits per heavy atom. The zero-order chi connectivity index (χ0) is 19.8. The molecule has 0 aliphatic rings. The summed E-state index contributed by atoms with van der Waals surface area (Å²) in [5, 5.41) is 5.74. The maximum atomic E-state index is 12.4. The predicted molar refractivity (Wildman–Crippen MR) is 109 cm³/mol. The summed E-state index contributed by atoms with van der Waals surface area (Å²) >= 11 is 0. The normalized spacial score (nSPS) is 10.3.